The van der Waals surface area contributed by atoms with E-state index in [1.807, 2.05) is 6.07 Å². The van der Waals surface area contributed by atoms with Gasteiger partial charge < -0.3 is 10.6 Å². The van der Waals surface area contributed by atoms with Gasteiger partial charge in [0.25, 0.3) is 0 Å². The lowest BCUT2D eigenvalue weighted by Gasteiger charge is -2.25. The number of anilines is 1. The minimum atomic E-state index is -3.98. The minimum absolute atomic E-state index is 0.0564. The number of carbonyl (C=O) groups is 2. The molecule has 3 N–H and O–H groups in total. The Kier molecular flexibility index (Phi) is 7.45. The summed E-state index contributed by atoms with van der Waals surface area (Å²) in [5, 5.41) is 5.86. The first kappa shape index (κ1) is 23.4. The van der Waals surface area contributed by atoms with Gasteiger partial charge in [-0.1, -0.05) is 62.4 Å². The van der Waals surface area contributed by atoms with Crippen molar-refractivity contribution in [1.29, 1.82) is 0 Å². The van der Waals surface area contributed by atoms with E-state index in [1.165, 1.54) is 25.3 Å². The number of hydrogen-bond donors (Lipinski definition) is 3. The maximum absolute atomic E-state index is 13.3. The molecule has 1 atom stereocenters. The highest BCUT2D eigenvalue weighted by Crippen LogP contribution is 2.27. The Morgan fingerprint density at radius 2 is 1.64 bits per heavy atom. The highest BCUT2D eigenvalue weighted by atomic mass is 32.2. The van der Waals surface area contributed by atoms with Gasteiger partial charge in [-0.2, -0.15) is 4.72 Å². The molecule has 0 saturated heterocycles. The average Bonchev–Trinajstić information content (AvgIpc) is 2.79. The van der Waals surface area contributed by atoms with Gasteiger partial charge in [-0.05, 0) is 48.6 Å². The Bertz CT molecular complexity index is 1090. The average molecular weight is 470 g/mol. The number of fused-ring (bicyclic) bond motifs is 1. The fourth-order valence-corrected chi connectivity index (χ4v) is 5.79. The number of carbonyl (C=O) groups excluding carboxylic acids is 2. The second-order valence-corrected chi connectivity index (χ2v) is 10.6. The van der Waals surface area contributed by atoms with Crippen LogP contribution in [0, 0.1) is 0 Å². The monoisotopic (exact) mass is 469 g/mol. The van der Waals surface area contributed by atoms with Gasteiger partial charge in [0.05, 0.1) is 4.90 Å². The van der Waals surface area contributed by atoms with Crippen LogP contribution in [0.1, 0.15) is 68.5 Å². The quantitative estimate of drug-likeness (QED) is 0.598. The van der Waals surface area contributed by atoms with Crippen molar-refractivity contribution in [2.45, 2.75) is 74.8 Å². The first-order valence-corrected chi connectivity index (χ1v) is 13.2. The molecule has 1 heterocycles. The SMILES string of the molecule is O=C1CCc2cc(S(=O)(=O)N[C@H](C(=O)NC3CCCCCCC3)c3ccccc3)ccc2N1. The van der Waals surface area contributed by atoms with Crippen molar-refractivity contribution in [2.75, 3.05) is 5.32 Å². The summed E-state index contributed by atoms with van der Waals surface area (Å²) in [5.41, 5.74) is 1.99. The number of aryl methyl sites for hydroxylation is 1. The molecule has 1 aliphatic carbocycles. The summed E-state index contributed by atoms with van der Waals surface area (Å²) in [6.07, 6.45) is 8.33. The van der Waals surface area contributed by atoms with Crippen molar-refractivity contribution in [2.24, 2.45) is 0 Å². The lowest BCUT2D eigenvalue weighted by molar-refractivity contribution is -0.123. The number of rotatable bonds is 6. The molecule has 33 heavy (non-hydrogen) atoms. The number of sulfonamides is 1. The fourth-order valence-electron chi connectivity index (χ4n) is 4.55. The summed E-state index contributed by atoms with van der Waals surface area (Å²) in [4.78, 5) is 25.0. The van der Waals surface area contributed by atoms with E-state index < -0.39 is 16.1 Å². The smallest absolute Gasteiger partial charge is 0.242 e. The van der Waals surface area contributed by atoms with Crippen LogP contribution >= 0.6 is 0 Å². The molecular weight excluding hydrogens is 438 g/mol. The zero-order chi connectivity index (χ0) is 23.3. The highest BCUT2D eigenvalue weighted by molar-refractivity contribution is 7.89. The summed E-state index contributed by atoms with van der Waals surface area (Å²) in [6.45, 7) is 0. The molecule has 2 aliphatic rings. The lowest BCUT2D eigenvalue weighted by atomic mass is 9.96. The van der Waals surface area contributed by atoms with E-state index in [4.69, 9.17) is 0 Å². The number of hydrogen-bond acceptors (Lipinski definition) is 4. The molecule has 0 aromatic heterocycles. The van der Waals surface area contributed by atoms with Gasteiger partial charge in [0.2, 0.25) is 21.8 Å². The topological polar surface area (TPSA) is 104 Å². The van der Waals surface area contributed by atoms with E-state index in [9.17, 15) is 18.0 Å². The maximum atomic E-state index is 13.3. The molecule has 2 aromatic rings. The largest absolute Gasteiger partial charge is 0.352 e. The molecule has 2 amide bonds. The van der Waals surface area contributed by atoms with Crippen LogP contribution in [0.5, 0.6) is 0 Å². The predicted molar refractivity (Wildman–Crippen MR) is 127 cm³/mol. The van der Waals surface area contributed by atoms with Crippen LogP contribution in [0.2, 0.25) is 0 Å². The third-order valence-electron chi connectivity index (χ3n) is 6.40. The predicted octanol–water partition coefficient (Wildman–Crippen LogP) is 3.82. The summed E-state index contributed by atoms with van der Waals surface area (Å²) >= 11 is 0. The van der Waals surface area contributed by atoms with Gasteiger partial charge in [0.1, 0.15) is 6.04 Å². The van der Waals surface area contributed by atoms with Crippen LogP contribution in [0.25, 0.3) is 0 Å². The van der Waals surface area contributed by atoms with Gasteiger partial charge in [0, 0.05) is 18.2 Å². The fraction of sp³-hybridized carbons (Fsp3) is 0.440. The van der Waals surface area contributed by atoms with E-state index >= 15 is 0 Å². The van der Waals surface area contributed by atoms with Gasteiger partial charge in [-0.15, -0.1) is 0 Å². The molecule has 4 rings (SSSR count). The summed E-state index contributed by atoms with van der Waals surface area (Å²) in [7, 11) is -3.98. The normalized spacial score (nSPS) is 18.4. The standard InChI is InChI=1S/C25H31N3O4S/c29-23-16-13-19-17-21(14-15-22(19)27-23)33(31,32)28-24(18-9-5-4-6-10-18)25(30)26-20-11-7-2-1-3-8-12-20/h4-6,9-10,14-15,17,20,24,28H,1-3,7-8,11-13,16H2,(H,26,30)(H,27,29)/t24-/m0/s1. The Balaban J connectivity index is 1.56. The van der Waals surface area contributed by atoms with E-state index in [-0.39, 0.29) is 22.8 Å². The molecule has 0 unspecified atom stereocenters. The Morgan fingerprint density at radius 3 is 2.36 bits per heavy atom. The van der Waals surface area contributed by atoms with Gasteiger partial charge in [0.15, 0.2) is 0 Å². The minimum Gasteiger partial charge on any atom is -0.352 e. The van der Waals surface area contributed by atoms with Crippen LogP contribution in [0.4, 0.5) is 5.69 Å². The second-order valence-electron chi connectivity index (χ2n) is 8.88. The zero-order valence-corrected chi connectivity index (χ0v) is 19.5. The molecule has 0 bridgehead atoms. The van der Waals surface area contributed by atoms with Crippen LogP contribution in [0.3, 0.4) is 0 Å². The third-order valence-corrected chi connectivity index (χ3v) is 7.82. The van der Waals surface area contributed by atoms with E-state index in [0.29, 0.717) is 24.1 Å². The first-order chi connectivity index (χ1) is 15.9. The molecule has 176 valence electrons. The van der Waals surface area contributed by atoms with Gasteiger partial charge >= 0.3 is 0 Å². The van der Waals surface area contributed by atoms with E-state index in [2.05, 4.69) is 15.4 Å². The van der Waals surface area contributed by atoms with Crippen LogP contribution < -0.4 is 15.4 Å². The number of benzene rings is 2. The van der Waals surface area contributed by atoms with Crippen molar-refractivity contribution >= 4 is 27.5 Å². The van der Waals surface area contributed by atoms with Crippen molar-refractivity contribution in [3.63, 3.8) is 0 Å². The molecule has 0 spiro atoms. The molecular formula is C25H31N3O4S. The molecule has 1 fully saturated rings. The summed E-state index contributed by atoms with van der Waals surface area (Å²) in [6, 6.07) is 12.6. The third kappa shape index (κ3) is 6.00. The van der Waals surface area contributed by atoms with E-state index in [1.54, 1.807) is 36.4 Å². The van der Waals surface area contributed by atoms with E-state index in [0.717, 1.165) is 31.2 Å². The summed E-state index contributed by atoms with van der Waals surface area (Å²) < 4.78 is 29.2. The second kappa shape index (κ2) is 10.5. The Labute approximate surface area is 195 Å². The molecule has 2 aromatic carbocycles. The first-order valence-electron chi connectivity index (χ1n) is 11.7. The Morgan fingerprint density at radius 1 is 0.939 bits per heavy atom. The van der Waals surface area contributed by atoms with Crippen LogP contribution in [-0.2, 0) is 26.0 Å². The Hall–Kier alpha value is -2.71. The van der Waals surface area contributed by atoms with Crippen LogP contribution in [-0.4, -0.2) is 26.3 Å². The molecule has 0 radical (unpaired) electrons. The molecule has 1 aliphatic heterocycles. The van der Waals surface area contributed by atoms with Crippen molar-refractivity contribution in [1.82, 2.24) is 10.0 Å². The maximum Gasteiger partial charge on any atom is 0.242 e. The van der Waals surface area contributed by atoms with Crippen molar-refractivity contribution in [3.05, 3.63) is 59.7 Å². The van der Waals surface area contributed by atoms with Crippen molar-refractivity contribution < 1.29 is 18.0 Å². The van der Waals surface area contributed by atoms with Crippen molar-refractivity contribution in [3.8, 4) is 0 Å². The summed E-state index contributed by atoms with van der Waals surface area (Å²) in [5.74, 6) is -0.410. The zero-order valence-electron chi connectivity index (χ0n) is 18.7. The molecule has 7 nitrogen and oxygen atoms in total. The van der Waals surface area contributed by atoms with Crippen LogP contribution in [0.15, 0.2) is 53.4 Å². The lowest BCUT2D eigenvalue weighted by Crippen LogP contribution is -2.44. The molecule has 8 heteroatoms. The molecule has 1 saturated carbocycles. The number of nitrogens with one attached hydrogen (secondary N) is 3. The van der Waals surface area contributed by atoms with Gasteiger partial charge in [-0.3, -0.25) is 9.59 Å². The highest BCUT2D eigenvalue weighted by Gasteiger charge is 2.29. The number of amides is 2. The van der Waals surface area contributed by atoms with Gasteiger partial charge in [-0.25, -0.2) is 8.42 Å².